The fourth-order valence-corrected chi connectivity index (χ4v) is 1.54. The Hall–Kier alpha value is -1.89. The molecule has 106 valence electrons. The van der Waals surface area contributed by atoms with Crippen LogP contribution in [-0.4, -0.2) is 34.7 Å². The van der Waals surface area contributed by atoms with E-state index in [0.717, 1.165) is 17.5 Å². The maximum absolute atomic E-state index is 11.7. The summed E-state index contributed by atoms with van der Waals surface area (Å²) >= 11 is 0. The standard InChI is InChI=1S/C12H20N4O3/c1-3-5-13-6-7-14-10(17)9-16-8-4-11(18)15(2)12(16)19/h4,8,13H,3,5-7,9H2,1-2H3,(H,14,17). The molecule has 0 saturated carbocycles. The van der Waals surface area contributed by atoms with Crippen LogP contribution < -0.4 is 21.9 Å². The van der Waals surface area contributed by atoms with E-state index in [1.807, 2.05) is 0 Å². The molecule has 7 nitrogen and oxygen atoms in total. The molecule has 19 heavy (non-hydrogen) atoms. The van der Waals surface area contributed by atoms with Gasteiger partial charge in [0.2, 0.25) is 5.91 Å². The minimum Gasteiger partial charge on any atom is -0.353 e. The summed E-state index contributed by atoms with van der Waals surface area (Å²) in [6, 6.07) is 1.26. The summed E-state index contributed by atoms with van der Waals surface area (Å²) in [5, 5.41) is 5.86. The molecular formula is C12H20N4O3. The van der Waals surface area contributed by atoms with Gasteiger partial charge in [-0.3, -0.25) is 18.7 Å². The summed E-state index contributed by atoms with van der Waals surface area (Å²) in [6.07, 6.45) is 2.38. The van der Waals surface area contributed by atoms with Gasteiger partial charge in [-0.15, -0.1) is 0 Å². The monoisotopic (exact) mass is 268 g/mol. The van der Waals surface area contributed by atoms with E-state index in [9.17, 15) is 14.4 Å². The summed E-state index contributed by atoms with van der Waals surface area (Å²) in [4.78, 5) is 34.5. The minimum atomic E-state index is -0.494. The Morgan fingerprint density at radius 1 is 1.26 bits per heavy atom. The zero-order valence-corrected chi connectivity index (χ0v) is 11.3. The lowest BCUT2D eigenvalue weighted by atomic mass is 10.4. The fourth-order valence-electron chi connectivity index (χ4n) is 1.54. The number of hydrogen-bond donors (Lipinski definition) is 2. The summed E-state index contributed by atoms with van der Waals surface area (Å²) < 4.78 is 2.17. The minimum absolute atomic E-state index is 0.0826. The molecule has 1 heterocycles. The van der Waals surface area contributed by atoms with Gasteiger partial charge < -0.3 is 10.6 Å². The van der Waals surface area contributed by atoms with Crippen molar-refractivity contribution in [2.75, 3.05) is 19.6 Å². The third kappa shape index (κ3) is 4.70. The van der Waals surface area contributed by atoms with Crippen LogP contribution in [0.15, 0.2) is 21.9 Å². The van der Waals surface area contributed by atoms with Gasteiger partial charge in [0.05, 0.1) is 0 Å². The number of amides is 1. The van der Waals surface area contributed by atoms with Crippen molar-refractivity contribution in [3.8, 4) is 0 Å². The largest absolute Gasteiger partial charge is 0.353 e. The Morgan fingerprint density at radius 2 is 2.00 bits per heavy atom. The lowest BCUT2D eigenvalue weighted by Gasteiger charge is -2.08. The van der Waals surface area contributed by atoms with Crippen molar-refractivity contribution in [1.29, 1.82) is 0 Å². The summed E-state index contributed by atoms with van der Waals surface area (Å²) in [5.74, 6) is -0.251. The molecule has 1 aromatic rings. The zero-order chi connectivity index (χ0) is 14.3. The van der Waals surface area contributed by atoms with Gasteiger partial charge in [-0.05, 0) is 13.0 Å². The van der Waals surface area contributed by atoms with Crippen LogP contribution in [0, 0.1) is 0 Å². The van der Waals surface area contributed by atoms with E-state index in [-0.39, 0.29) is 18.0 Å². The van der Waals surface area contributed by atoms with Crippen LogP contribution >= 0.6 is 0 Å². The molecule has 7 heteroatoms. The third-order valence-electron chi connectivity index (χ3n) is 2.62. The van der Waals surface area contributed by atoms with Crippen LogP contribution in [0.25, 0.3) is 0 Å². The van der Waals surface area contributed by atoms with Crippen molar-refractivity contribution in [3.63, 3.8) is 0 Å². The third-order valence-corrected chi connectivity index (χ3v) is 2.62. The predicted molar refractivity (Wildman–Crippen MR) is 72.1 cm³/mol. The van der Waals surface area contributed by atoms with Gasteiger partial charge in [-0.2, -0.15) is 0 Å². The highest BCUT2D eigenvalue weighted by molar-refractivity contribution is 5.75. The maximum Gasteiger partial charge on any atom is 0.331 e. The van der Waals surface area contributed by atoms with Crippen LogP contribution in [0.3, 0.4) is 0 Å². The van der Waals surface area contributed by atoms with Crippen molar-refractivity contribution in [2.45, 2.75) is 19.9 Å². The molecule has 1 aromatic heterocycles. The number of nitrogens with one attached hydrogen (secondary N) is 2. The second kappa shape index (κ2) is 7.52. The Morgan fingerprint density at radius 3 is 2.68 bits per heavy atom. The van der Waals surface area contributed by atoms with Gasteiger partial charge in [0, 0.05) is 32.4 Å². The Balaban J connectivity index is 2.47. The first-order chi connectivity index (χ1) is 9.06. The molecule has 1 amide bonds. The molecule has 0 bridgehead atoms. The normalized spacial score (nSPS) is 10.4. The average Bonchev–Trinajstić information content (AvgIpc) is 2.39. The highest BCUT2D eigenvalue weighted by Gasteiger charge is 2.05. The van der Waals surface area contributed by atoms with E-state index in [1.165, 1.54) is 23.9 Å². The van der Waals surface area contributed by atoms with Gasteiger partial charge in [0.25, 0.3) is 5.56 Å². The molecule has 0 fully saturated rings. The molecule has 1 rings (SSSR count). The van der Waals surface area contributed by atoms with Gasteiger partial charge in [-0.25, -0.2) is 4.79 Å². The summed E-state index contributed by atoms with van der Waals surface area (Å²) in [7, 11) is 1.38. The van der Waals surface area contributed by atoms with Crippen LogP contribution in [0.1, 0.15) is 13.3 Å². The number of hydrogen-bond acceptors (Lipinski definition) is 4. The van der Waals surface area contributed by atoms with Gasteiger partial charge in [-0.1, -0.05) is 6.92 Å². The first-order valence-corrected chi connectivity index (χ1v) is 6.30. The number of nitrogens with zero attached hydrogens (tertiary/aromatic N) is 2. The van der Waals surface area contributed by atoms with Gasteiger partial charge in [0.15, 0.2) is 0 Å². The lowest BCUT2D eigenvalue weighted by molar-refractivity contribution is -0.121. The maximum atomic E-state index is 11.7. The molecule has 0 aromatic carbocycles. The summed E-state index contributed by atoms with van der Waals surface area (Å²) in [6.45, 7) is 4.11. The molecule has 0 aliphatic rings. The number of aromatic nitrogens is 2. The highest BCUT2D eigenvalue weighted by atomic mass is 16.2. The Kier molecular flexibility index (Phi) is 6.01. The van der Waals surface area contributed by atoms with Crippen LogP contribution in [0.2, 0.25) is 0 Å². The fraction of sp³-hybridized carbons (Fsp3) is 0.583. The average molecular weight is 268 g/mol. The molecular weight excluding hydrogens is 248 g/mol. The molecule has 0 aliphatic heterocycles. The molecule has 2 N–H and O–H groups in total. The smallest absolute Gasteiger partial charge is 0.331 e. The van der Waals surface area contributed by atoms with Gasteiger partial charge >= 0.3 is 5.69 Å². The summed E-state index contributed by atoms with van der Waals surface area (Å²) in [5.41, 5.74) is -0.878. The Labute approximate surface area is 111 Å². The van der Waals surface area contributed by atoms with Crippen LogP contribution in [0.4, 0.5) is 0 Å². The SMILES string of the molecule is CCCNCCNC(=O)Cn1ccc(=O)n(C)c1=O. The second-order valence-corrected chi connectivity index (χ2v) is 4.22. The molecule has 0 spiro atoms. The molecule has 0 unspecified atom stereocenters. The van der Waals surface area contributed by atoms with Crippen LogP contribution in [0.5, 0.6) is 0 Å². The predicted octanol–water partition coefficient (Wildman–Crippen LogP) is -1.34. The number of rotatable bonds is 7. The quantitative estimate of drug-likeness (QED) is 0.600. The van der Waals surface area contributed by atoms with E-state index in [4.69, 9.17) is 0 Å². The second-order valence-electron chi connectivity index (χ2n) is 4.22. The highest BCUT2D eigenvalue weighted by Crippen LogP contribution is 1.79. The molecule has 0 saturated heterocycles. The first kappa shape index (κ1) is 15.2. The van der Waals surface area contributed by atoms with Gasteiger partial charge in [0.1, 0.15) is 6.54 Å². The molecule has 0 radical (unpaired) electrons. The Bertz CT molecular complexity index is 533. The lowest BCUT2D eigenvalue weighted by Crippen LogP contribution is -2.41. The topological polar surface area (TPSA) is 85.1 Å². The van der Waals surface area contributed by atoms with E-state index < -0.39 is 5.69 Å². The first-order valence-electron chi connectivity index (χ1n) is 6.30. The van der Waals surface area contributed by atoms with E-state index in [0.29, 0.717) is 13.1 Å². The van der Waals surface area contributed by atoms with Crippen molar-refractivity contribution in [2.24, 2.45) is 7.05 Å². The van der Waals surface area contributed by atoms with E-state index >= 15 is 0 Å². The molecule has 0 aliphatic carbocycles. The van der Waals surface area contributed by atoms with Crippen molar-refractivity contribution in [1.82, 2.24) is 19.8 Å². The number of carbonyl (C=O) groups is 1. The zero-order valence-electron chi connectivity index (χ0n) is 11.3. The van der Waals surface area contributed by atoms with Crippen molar-refractivity contribution in [3.05, 3.63) is 33.1 Å². The van der Waals surface area contributed by atoms with Crippen molar-refractivity contribution < 1.29 is 4.79 Å². The molecule has 0 atom stereocenters. The number of carbonyl (C=O) groups excluding carboxylic acids is 1. The van der Waals surface area contributed by atoms with Crippen molar-refractivity contribution >= 4 is 5.91 Å². The van der Waals surface area contributed by atoms with E-state index in [1.54, 1.807) is 0 Å². The van der Waals surface area contributed by atoms with Crippen LogP contribution in [-0.2, 0) is 18.4 Å². The van der Waals surface area contributed by atoms with E-state index in [2.05, 4.69) is 17.6 Å².